The van der Waals surface area contributed by atoms with Crippen LogP contribution < -0.4 is 10.0 Å². The molecule has 19 heavy (non-hydrogen) atoms. The van der Waals surface area contributed by atoms with Crippen LogP contribution >= 0.6 is 0 Å². The summed E-state index contributed by atoms with van der Waals surface area (Å²) < 4.78 is 31.1. The monoisotopic (exact) mass is 286 g/mol. The first-order valence-electron chi connectivity index (χ1n) is 6.15. The van der Waals surface area contributed by atoms with Crippen LogP contribution in [0.3, 0.4) is 0 Å². The molecule has 1 aromatic rings. The zero-order chi connectivity index (χ0) is 14.6. The predicted octanol–water partition coefficient (Wildman–Crippen LogP) is 1.74. The largest absolute Gasteiger partial charge is 0.380 e. The average molecular weight is 286 g/mol. The molecule has 1 rings (SSSR count). The fourth-order valence-corrected chi connectivity index (χ4v) is 2.36. The summed E-state index contributed by atoms with van der Waals surface area (Å²) >= 11 is 0. The maximum Gasteiger partial charge on any atom is 0.240 e. The number of nitrogens with one attached hydrogen (secondary N) is 2. The van der Waals surface area contributed by atoms with Gasteiger partial charge in [-0.3, -0.25) is 0 Å². The van der Waals surface area contributed by atoms with Crippen molar-refractivity contribution in [3.05, 3.63) is 23.8 Å². The van der Waals surface area contributed by atoms with E-state index in [4.69, 9.17) is 4.74 Å². The Morgan fingerprint density at radius 2 is 1.89 bits per heavy atom. The summed E-state index contributed by atoms with van der Waals surface area (Å²) in [6, 6.07) is 5.10. The fourth-order valence-electron chi connectivity index (χ4n) is 1.61. The molecule has 2 unspecified atom stereocenters. The standard InChI is InChI=1S/C13H22N2O3S/c1-9-6-7-12(19(16,17)14-4)8-13(9)15-10(2)11(3)18-5/h6-8,10-11,14-15H,1-5H3. The zero-order valence-electron chi connectivity index (χ0n) is 12.0. The quantitative estimate of drug-likeness (QED) is 0.836. The highest BCUT2D eigenvalue weighted by Crippen LogP contribution is 2.21. The summed E-state index contributed by atoms with van der Waals surface area (Å²) in [5, 5.41) is 3.28. The third-order valence-corrected chi connectivity index (χ3v) is 4.66. The van der Waals surface area contributed by atoms with Crippen molar-refractivity contribution in [2.45, 2.75) is 37.8 Å². The van der Waals surface area contributed by atoms with E-state index in [0.717, 1.165) is 11.3 Å². The van der Waals surface area contributed by atoms with Gasteiger partial charge >= 0.3 is 0 Å². The average Bonchev–Trinajstić information content (AvgIpc) is 2.39. The number of methoxy groups -OCH3 is 1. The Balaban J connectivity index is 3.05. The van der Waals surface area contributed by atoms with Crippen molar-refractivity contribution in [1.82, 2.24) is 4.72 Å². The molecule has 0 saturated heterocycles. The SMILES string of the molecule is CNS(=O)(=O)c1ccc(C)c(NC(C)C(C)OC)c1. The molecule has 0 spiro atoms. The van der Waals surface area contributed by atoms with Crippen molar-refractivity contribution in [2.75, 3.05) is 19.5 Å². The number of ether oxygens (including phenoxy) is 1. The maximum atomic E-state index is 11.8. The van der Waals surface area contributed by atoms with Gasteiger partial charge in [-0.15, -0.1) is 0 Å². The lowest BCUT2D eigenvalue weighted by molar-refractivity contribution is 0.106. The van der Waals surface area contributed by atoms with E-state index in [1.54, 1.807) is 25.3 Å². The summed E-state index contributed by atoms with van der Waals surface area (Å²) in [7, 11) is -0.369. The Labute approximate surface area is 115 Å². The van der Waals surface area contributed by atoms with Crippen molar-refractivity contribution < 1.29 is 13.2 Å². The van der Waals surface area contributed by atoms with Crippen LogP contribution in [0, 0.1) is 6.92 Å². The number of benzene rings is 1. The maximum absolute atomic E-state index is 11.8. The van der Waals surface area contributed by atoms with E-state index in [-0.39, 0.29) is 17.0 Å². The molecule has 0 aromatic heterocycles. The van der Waals surface area contributed by atoms with Crippen LogP contribution in [0.2, 0.25) is 0 Å². The summed E-state index contributed by atoms with van der Waals surface area (Å²) in [5.74, 6) is 0. The van der Waals surface area contributed by atoms with Crippen LogP contribution in [0.4, 0.5) is 5.69 Å². The second-order valence-electron chi connectivity index (χ2n) is 4.56. The molecule has 5 nitrogen and oxygen atoms in total. The van der Waals surface area contributed by atoms with E-state index >= 15 is 0 Å². The molecule has 0 aliphatic carbocycles. The molecule has 0 bridgehead atoms. The van der Waals surface area contributed by atoms with Gasteiger partial charge in [-0.25, -0.2) is 13.1 Å². The molecule has 2 N–H and O–H groups in total. The van der Waals surface area contributed by atoms with E-state index in [9.17, 15) is 8.42 Å². The van der Waals surface area contributed by atoms with E-state index in [0.29, 0.717) is 0 Å². The normalized spacial score (nSPS) is 15.0. The third-order valence-electron chi connectivity index (χ3n) is 3.25. The summed E-state index contributed by atoms with van der Waals surface area (Å²) in [5.41, 5.74) is 1.79. The lowest BCUT2D eigenvalue weighted by Crippen LogP contribution is -2.30. The molecule has 0 aliphatic heterocycles. The van der Waals surface area contributed by atoms with Crippen LogP contribution in [-0.4, -0.2) is 34.7 Å². The molecule has 0 aliphatic rings. The van der Waals surface area contributed by atoms with Gasteiger partial charge in [-0.05, 0) is 45.5 Å². The van der Waals surface area contributed by atoms with Gasteiger partial charge in [0, 0.05) is 18.8 Å². The van der Waals surface area contributed by atoms with Gasteiger partial charge in [-0.2, -0.15) is 0 Å². The summed E-state index contributed by atoms with van der Waals surface area (Å²) in [6.45, 7) is 5.89. The lowest BCUT2D eigenvalue weighted by atomic mass is 10.1. The Bertz CT molecular complexity index is 529. The van der Waals surface area contributed by atoms with Gasteiger partial charge in [0.05, 0.1) is 11.0 Å². The fraction of sp³-hybridized carbons (Fsp3) is 0.538. The molecule has 108 valence electrons. The van der Waals surface area contributed by atoms with Crippen molar-refractivity contribution in [3.63, 3.8) is 0 Å². The van der Waals surface area contributed by atoms with Crippen LogP contribution in [0.15, 0.2) is 23.1 Å². The number of rotatable bonds is 6. The second kappa shape index (κ2) is 6.36. The second-order valence-corrected chi connectivity index (χ2v) is 6.44. The van der Waals surface area contributed by atoms with Crippen LogP contribution in [-0.2, 0) is 14.8 Å². The molecular weight excluding hydrogens is 264 g/mol. The Hall–Kier alpha value is -1.11. The highest BCUT2D eigenvalue weighted by atomic mass is 32.2. The van der Waals surface area contributed by atoms with Gasteiger partial charge < -0.3 is 10.1 Å². The molecule has 0 radical (unpaired) electrons. The van der Waals surface area contributed by atoms with Gasteiger partial charge in [0.1, 0.15) is 0 Å². The Morgan fingerprint density at radius 3 is 2.42 bits per heavy atom. The van der Waals surface area contributed by atoms with Gasteiger partial charge in [0.2, 0.25) is 10.0 Å². The molecular formula is C13H22N2O3S. The molecule has 0 fully saturated rings. The van der Waals surface area contributed by atoms with Crippen molar-refractivity contribution in [3.8, 4) is 0 Å². The number of hydrogen-bond acceptors (Lipinski definition) is 4. The topological polar surface area (TPSA) is 67.4 Å². The highest BCUT2D eigenvalue weighted by molar-refractivity contribution is 7.89. The smallest absolute Gasteiger partial charge is 0.240 e. The van der Waals surface area contributed by atoms with Crippen LogP contribution in [0.25, 0.3) is 0 Å². The molecule has 0 saturated carbocycles. The first-order valence-corrected chi connectivity index (χ1v) is 7.63. The van der Waals surface area contributed by atoms with Gasteiger partial charge in [0.15, 0.2) is 0 Å². The minimum absolute atomic E-state index is 0.0314. The molecule has 1 aromatic carbocycles. The first kappa shape index (κ1) is 15.9. The Kier molecular flexibility index (Phi) is 5.34. The summed E-state index contributed by atoms with van der Waals surface area (Å²) in [4.78, 5) is 0.250. The first-order chi connectivity index (χ1) is 8.81. The van der Waals surface area contributed by atoms with Crippen LogP contribution in [0.5, 0.6) is 0 Å². The van der Waals surface area contributed by atoms with E-state index in [2.05, 4.69) is 10.0 Å². The van der Waals surface area contributed by atoms with Gasteiger partial charge in [0.25, 0.3) is 0 Å². The van der Waals surface area contributed by atoms with Crippen LogP contribution in [0.1, 0.15) is 19.4 Å². The predicted molar refractivity (Wildman–Crippen MR) is 77.0 cm³/mol. The Morgan fingerprint density at radius 1 is 1.26 bits per heavy atom. The van der Waals surface area contributed by atoms with Crippen molar-refractivity contribution in [2.24, 2.45) is 0 Å². The molecule has 0 heterocycles. The third kappa shape index (κ3) is 3.92. The van der Waals surface area contributed by atoms with Crippen molar-refractivity contribution in [1.29, 1.82) is 0 Å². The lowest BCUT2D eigenvalue weighted by Gasteiger charge is -2.22. The molecule has 0 amide bonds. The van der Waals surface area contributed by atoms with E-state index in [1.165, 1.54) is 7.05 Å². The number of sulfonamides is 1. The molecule has 6 heteroatoms. The molecule has 2 atom stereocenters. The highest BCUT2D eigenvalue weighted by Gasteiger charge is 2.16. The number of aryl methyl sites for hydroxylation is 1. The van der Waals surface area contributed by atoms with Crippen molar-refractivity contribution >= 4 is 15.7 Å². The zero-order valence-corrected chi connectivity index (χ0v) is 12.8. The van der Waals surface area contributed by atoms with E-state index in [1.807, 2.05) is 20.8 Å². The minimum atomic E-state index is -3.42. The summed E-state index contributed by atoms with van der Waals surface area (Å²) in [6.07, 6.45) is 0.0314. The number of anilines is 1. The van der Waals surface area contributed by atoms with Gasteiger partial charge in [-0.1, -0.05) is 6.07 Å². The minimum Gasteiger partial charge on any atom is -0.380 e. The van der Waals surface area contributed by atoms with E-state index < -0.39 is 10.0 Å². The number of hydrogen-bond donors (Lipinski definition) is 2.